The molecule has 1 N–H and O–H groups in total. The van der Waals surface area contributed by atoms with Crippen LogP contribution in [0.2, 0.25) is 10.0 Å². The first-order chi connectivity index (χ1) is 15.6. The lowest BCUT2D eigenvalue weighted by Gasteiger charge is -2.32. The van der Waals surface area contributed by atoms with Gasteiger partial charge in [-0.25, -0.2) is 0 Å². The molecule has 0 spiro atoms. The summed E-state index contributed by atoms with van der Waals surface area (Å²) in [5, 5.41) is 6.88. The number of nitrogens with zero attached hydrogens (tertiary/aromatic N) is 1. The number of thioether (sulfide) groups is 1. The Morgan fingerprint density at radius 2 is 1.91 bits per heavy atom. The maximum absolute atomic E-state index is 12.7. The second kappa shape index (κ2) is 11.4. The molecule has 3 aromatic rings. The highest BCUT2D eigenvalue weighted by atomic mass is 35.5. The molecule has 1 saturated heterocycles. The molecule has 4 rings (SSSR count). The zero-order valence-corrected chi connectivity index (χ0v) is 20.4. The number of fused-ring (bicyclic) bond motifs is 1. The molecule has 1 aliphatic heterocycles. The minimum Gasteiger partial charge on any atom is -0.355 e. The second-order valence-electron chi connectivity index (χ2n) is 8.30. The molecule has 168 valence electrons. The van der Waals surface area contributed by atoms with Gasteiger partial charge in [0.05, 0.1) is 16.0 Å². The van der Waals surface area contributed by atoms with Crippen LogP contribution in [-0.4, -0.2) is 36.2 Å². The number of likely N-dealkylation sites (tertiary alicyclic amines) is 1. The fourth-order valence-corrected chi connectivity index (χ4v) is 5.42. The Morgan fingerprint density at radius 1 is 1.06 bits per heavy atom. The molecule has 0 aliphatic carbocycles. The molecule has 32 heavy (non-hydrogen) atoms. The molecule has 3 nitrogen and oxygen atoms in total. The van der Waals surface area contributed by atoms with E-state index in [-0.39, 0.29) is 11.8 Å². The lowest BCUT2D eigenvalue weighted by atomic mass is 9.96. The predicted octanol–water partition coefficient (Wildman–Crippen LogP) is 6.41. The minimum atomic E-state index is 0.0683. The van der Waals surface area contributed by atoms with Gasteiger partial charge in [0.1, 0.15) is 0 Å². The minimum absolute atomic E-state index is 0.0683. The van der Waals surface area contributed by atoms with Gasteiger partial charge in [-0.1, -0.05) is 71.7 Å². The van der Waals surface area contributed by atoms with Gasteiger partial charge in [0, 0.05) is 31.1 Å². The maximum Gasteiger partial charge on any atom is 0.224 e. The highest BCUT2D eigenvalue weighted by Gasteiger charge is 2.25. The van der Waals surface area contributed by atoms with Crippen LogP contribution in [0.25, 0.3) is 10.8 Å². The van der Waals surface area contributed by atoms with Crippen molar-refractivity contribution < 1.29 is 4.79 Å². The van der Waals surface area contributed by atoms with Crippen molar-refractivity contribution in [3.63, 3.8) is 0 Å². The second-order valence-corrected chi connectivity index (χ2v) is 10.2. The molecule has 1 aliphatic rings. The molecule has 1 atom stereocenters. The predicted molar refractivity (Wildman–Crippen MR) is 138 cm³/mol. The number of halogens is 2. The summed E-state index contributed by atoms with van der Waals surface area (Å²) in [5.41, 5.74) is 2.48. The van der Waals surface area contributed by atoms with Crippen LogP contribution in [0.1, 0.15) is 24.0 Å². The molecule has 6 heteroatoms. The van der Waals surface area contributed by atoms with Crippen LogP contribution in [0.15, 0.2) is 60.7 Å². The molecule has 3 aromatic carbocycles. The average Bonchev–Trinajstić information content (AvgIpc) is 2.81. The van der Waals surface area contributed by atoms with Crippen LogP contribution >= 0.6 is 35.0 Å². The van der Waals surface area contributed by atoms with Crippen LogP contribution in [0, 0.1) is 5.92 Å². The van der Waals surface area contributed by atoms with E-state index < -0.39 is 0 Å². The summed E-state index contributed by atoms with van der Waals surface area (Å²) in [6.45, 7) is 3.45. The van der Waals surface area contributed by atoms with E-state index in [1.54, 1.807) is 11.8 Å². The van der Waals surface area contributed by atoms with Crippen molar-refractivity contribution in [3.05, 3.63) is 81.8 Å². The van der Waals surface area contributed by atoms with Crippen molar-refractivity contribution in [2.75, 3.05) is 25.4 Å². The van der Waals surface area contributed by atoms with Crippen LogP contribution in [0.3, 0.4) is 0 Å². The fourth-order valence-electron chi connectivity index (χ4n) is 4.29. The van der Waals surface area contributed by atoms with E-state index in [1.807, 2.05) is 18.2 Å². The number of benzene rings is 3. The summed E-state index contributed by atoms with van der Waals surface area (Å²) in [7, 11) is 0. The van der Waals surface area contributed by atoms with E-state index in [1.165, 1.54) is 16.3 Å². The fraction of sp³-hybridized carbons (Fsp3) is 0.346. The molecular weight excluding hydrogens is 459 g/mol. The Morgan fingerprint density at radius 3 is 2.78 bits per heavy atom. The molecule has 0 saturated carbocycles. The Labute approximate surface area is 204 Å². The zero-order valence-electron chi connectivity index (χ0n) is 18.0. The number of amides is 1. The first kappa shape index (κ1) is 23.4. The van der Waals surface area contributed by atoms with Gasteiger partial charge in [0.2, 0.25) is 5.91 Å². The van der Waals surface area contributed by atoms with E-state index in [4.69, 9.17) is 23.2 Å². The van der Waals surface area contributed by atoms with Crippen molar-refractivity contribution in [1.29, 1.82) is 0 Å². The first-order valence-electron chi connectivity index (χ1n) is 11.1. The van der Waals surface area contributed by atoms with Gasteiger partial charge >= 0.3 is 0 Å². The summed E-state index contributed by atoms with van der Waals surface area (Å²) in [6, 6.07) is 20.7. The molecule has 1 unspecified atom stereocenters. The summed E-state index contributed by atoms with van der Waals surface area (Å²) in [5.74, 6) is 1.98. The number of hydrogen-bond acceptors (Lipinski definition) is 3. The van der Waals surface area contributed by atoms with Crippen molar-refractivity contribution in [2.45, 2.75) is 25.1 Å². The molecule has 0 aromatic heterocycles. The van der Waals surface area contributed by atoms with E-state index >= 15 is 0 Å². The van der Waals surface area contributed by atoms with Gasteiger partial charge in [-0.15, -0.1) is 0 Å². The van der Waals surface area contributed by atoms with E-state index in [0.29, 0.717) is 16.6 Å². The third kappa shape index (κ3) is 6.20. The molecule has 0 radical (unpaired) electrons. The lowest BCUT2D eigenvalue weighted by molar-refractivity contribution is -0.126. The van der Waals surface area contributed by atoms with Gasteiger partial charge in [-0.3, -0.25) is 9.69 Å². The molecule has 1 amide bonds. The highest BCUT2D eigenvalue weighted by Crippen LogP contribution is 2.25. The Bertz CT molecular complexity index is 1070. The quantitative estimate of drug-likeness (QED) is 0.373. The van der Waals surface area contributed by atoms with Crippen LogP contribution in [0.5, 0.6) is 0 Å². The highest BCUT2D eigenvalue weighted by molar-refractivity contribution is 7.98. The van der Waals surface area contributed by atoms with Crippen molar-refractivity contribution >= 4 is 51.6 Å². The number of nitrogens with one attached hydrogen (secondary N) is 1. The summed E-state index contributed by atoms with van der Waals surface area (Å²) < 4.78 is 0. The standard InChI is InChI=1S/C26H28Cl2N2OS/c27-24-11-10-19(15-25(24)28)18-32-14-12-29-26(31)22-8-4-13-30(17-22)16-21-7-3-6-20-5-1-2-9-23(20)21/h1-3,5-7,9-11,15,22H,4,8,12-14,16-18H2,(H,29,31). The largest absolute Gasteiger partial charge is 0.355 e. The third-order valence-corrected chi connectivity index (χ3v) is 7.72. The normalized spacial score (nSPS) is 16.9. The van der Waals surface area contributed by atoms with Crippen molar-refractivity contribution in [2.24, 2.45) is 5.92 Å². The zero-order chi connectivity index (χ0) is 22.3. The van der Waals surface area contributed by atoms with Gasteiger partial charge in [0.15, 0.2) is 0 Å². The Kier molecular flexibility index (Phi) is 8.37. The smallest absolute Gasteiger partial charge is 0.224 e. The molecular formula is C26H28Cl2N2OS. The molecule has 1 heterocycles. The number of carbonyl (C=O) groups is 1. The SMILES string of the molecule is O=C(NCCSCc1ccc(Cl)c(Cl)c1)C1CCCN(Cc2cccc3ccccc23)C1. The third-order valence-electron chi connectivity index (χ3n) is 5.95. The van der Waals surface area contributed by atoms with Gasteiger partial charge in [-0.2, -0.15) is 11.8 Å². The van der Waals surface area contributed by atoms with Crippen molar-refractivity contribution in [3.8, 4) is 0 Å². The van der Waals surface area contributed by atoms with Crippen LogP contribution in [0.4, 0.5) is 0 Å². The van der Waals surface area contributed by atoms with Crippen LogP contribution in [-0.2, 0) is 17.1 Å². The topological polar surface area (TPSA) is 32.3 Å². The van der Waals surface area contributed by atoms with Crippen molar-refractivity contribution in [1.82, 2.24) is 10.2 Å². The molecule has 0 bridgehead atoms. The molecule has 1 fully saturated rings. The van der Waals surface area contributed by atoms with E-state index in [0.717, 1.165) is 49.5 Å². The number of rotatable bonds is 8. The monoisotopic (exact) mass is 486 g/mol. The summed E-state index contributed by atoms with van der Waals surface area (Å²) in [6.07, 6.45) is 2.03. The summed E-state index contributed by atoms with van der Waals surface area (Å²) >= 11 is 13.8. The Hall–Kier alpha value is -1.72. The van der Waals surface area contributed by atoms with Gasteiger partial charge < -0.3 is 5.32 Å². The number of carbonyl (C=O) groups excluding carboxylic acids is 1. The number of piperidine rings is 1. The lowest BCUT2D eigenvalue weighted by Crippen LogP contribution is -2.43. The van der Waals surface area contributed by atoms with Crippen LogP contribution < -0.4 is 5.32 Å². The number of hydrogen-bond donors (Lipinski definition) is 1. The van der Waals surface area contributed by atoms with Gasteiger partial charge in [-0.05, 0) is 53.4 Å². The maximum atomic E-state index is 12.7. The van der Waals surface area contributed by atoms with E-state index in [2.05, 4.69) is 52.7 Å². The van der Waals surface area contributed by atoms with Gasteiger partial charge in [0.25, 0.3) is 0 Å². The Balaban J connectivity index is 1.22. The average molecular weight is 487 g/mol. The first-order valence-corrected chi connectivity index (χ1v) is 13.0. The van der Waals surface area contributed by atoms with E-state index in [9.17, 15) is 4.79 Å². The summed E-state index contributed by atoms with van der Waals surface area (Å²) in [4.78, 5) is 15.2.